The second-order valence-corrected chi connectivity index (χ2v) is 6.84. The van der Waals surface area contributed by atoms with Gasteiger partial charge in [-0.05, 0) is 17.2 Å². The van der Waals surface area contributed by atoms with Crippen LogP contribution in [0.15, 0.2) is 84.9 Å². The minimum absolute atomic E-state index is 0.0611. The molecule has 0 unspecified atom stereocenters. The van der Waals surface area contributed by atoms with Crippen molar-refractivity contribution in [2.75, 3.05) is 0 Å². The molecule has 0 atom stereocenters. The van der Waals surface area contributed by atoms with Crippen molar-refractivity contribution in [3.63, 3.8) is 0 Å². The summed E-state index contributed by atoms with van der Waals surface area (Å²) in [5, 5.41) is 1.03. The van der Waals surface area contributed by atoms with E-state index in [9.17, 15) is 4.79 Å². The van der Waals surface area contributed by atoms with Crippen LogP contribution in [0.2, 0.25) is 0 Å². The summed E-state index contributed by atoms with van der Waals surface area (Å²) in [6.07, 6.45) is 0. The van der Waals surface area contributed by atoms with E-state index < -0.39 is 0 Å². The van der Waals surface area contributed by atoms with Gasteiger partial charge in [-0.2, -0.15) is 0 Å². The molecule has 0 N–H and O–H groups in total. The third kappa shape index (κ3) is 2.68. The van der Waals surface area contributed by atoms with E-state index in [0.717, 1.165) is 38.9 Å². The molecular weight excluding hydrogens is 332 g/mol. The van der Waals surface area contributed by atoms with Gasteiger partial charge in [-0.1, -0.05) is 78.9 Å². The van der Waals surface area contributed by atoms with Crippen LogP contribution < -0.4 is 0 Å². The Balaban J connectivity index is 1.67. The maximum atomic E-state index is 13.3. The number of carbonyl (C=O) groups excluding carboxylic acids is 1. The van der Waals surface area contributed by atoms with Crippen molar-refractivity contribution in [1.29, 1.82) is 0 Å². The van der Waals surface area contributed by atoms with Gasteiger partial charge in [0.1, 0.15) is 0 Å². The molecule has 1 amide bonds. The molecule has 2 heterocycles. The fourth-order valence-electron chi connectivity index (χ4n) is 3.85. The number of benzene rings is 3. The zero-order valence-corrected chi connectivity index (χ0v) is 14.8. The number of nitrogens with zero attached hydrogens (tertiary/aromatic N) is 2. The number of hydrogen-bond donors (Lipinski definition) is 0. The Morgan fingerprint density at radius 2 is 1.44 bits per heavy atom. The molecule has 0 saturated heterocycles. The number of aromatic nitrogens is 1. The summed E-state index contributed by atoms with van der Waals surface area (Å²) in [6.45, 7) is 1.15. The Bertz CT molecular complexity index is 1140. The van der Waals surface area contributed by atoms with Gasteiger partial charge >= 0.3 is 0 Å². The van der Waals surface area contributed by atoms with E-state index in [0.29, 0.717) is 13.1 Å². The number of para-hydroxylation sites is 1. The van der Waals surface area contributed by atoms with E-state index in [1.54, 1.807) is 0 Å². The zero-order valence-electron chi connectivity index (χ0n) is 14.8. The second kappa shape index (κ2) is 6.36. The van der Waals surface area contributed by atoms with Crippen molar-refractivity contribution in [2.24, 2.45) is 0 Å². The van der Waals surface area contributed by atoms with Gasteiger partial charge in [0.25, 0.3) is 5.91 Å². The predicted octanol–water partition coefficient (Wildman–Crippen LogP) is 5.06. The molecule has 3 heteroatoms. The third-order valence-electron chi connectivity index (χ3n) is 5.09. The van der Waals surface area contributed by atoms with Crippen LogP contribution in [0.4, 0.5) is 0 Å². The first-order chi connectivity index (χ1) is 13.3. The maximum absolute atomic E-state index is 13.3. The lowest BCUT2D eigenvalue weighted by Gasteiger charge is -2.15. The second-order valence-electron chi connectivity index (χ2n) is 6.84. The topological polar surface area (TPSA) is 33.2 Å². The van der Waals surface area contributed by atoms with Gasteiger partial charge in [-0.3, -0.25) is 9.78 Å². The standard InChI is InChI=1S/C24H18N2O/c27-24-23-21(16-26(24)15-17-9-3-1-4-10-17)25-20-14-8-7-13-19(20)22(23)18-11-5-2-6-12-18/h1-14H,15-16H2. The minimum atomic E-state index is 0.0611. The number of pyridine rings is 1. The number of rotatable bonds is 3. The fraction of sp³-hybridized carbons (Fsp3) is 0.0833. The quantitative estimate of drug-likeness (QED) is 0.517. The van der Waals surface area contributed by atoms with Crippen molar-refractivity contribution in [2.45, 2.75) is 13.1 Å². The first kappa shape index (κ1) is 15.8. The molecule has 1 aliphatic heterocycles. The molecule has 130 valence electrons. The number of amides is 1. The van der Waals surface area contributed by atoms with Gasteiger partial charge in [0.15, 0.2) is 0 Å². The SMILES string of the molecule is O=C1c2c(nc3ccccc3c2-c2ccccc2)CN1Cc1ccccc1. The Kier molecular flexibility index (Phi) is 3.72. The molecule has 0 spiro atoms. The summed E-state index contributed by atoms with van der Waals surface area (Å²) in [5.41, 5.74) is 5.73. The molecule has 1 aliphatic rings. The monoisotopic (exact) mass is 350 g/mol. The molecule has 0 aliphatic carbocycles. The molecular formula is C24H18N2O. The first-order valence-electron chi connectivity index (χ1n) is 9.11. The summed E-state index contributed by atoms with van der Waals surface area (Å²) in [7, 11) is 0. The highest BCUT2D eigenvalue weighted by molar-refractivity contribution is 6.11. The average Bonchev–Trinajstić information content (AvgIpc) is 3.02. The number of carbonyl (C=O) groups is 1. The molecule has 0 radical (unpaired) electrons. The molecule has 3 nitrogen and oxygen atoms in total. The van der Waals surface area contributed by atoms with Crippen LogP contribution in [0.25, 0.3) is 22.0 Å². The normalized spacial score (nSPS) is 13.2. The van der Waals surface area contributed by atoms with Crippen LogP contribution >= 0.6 is 0 Å². The molecule has 0 bridgehead atoms. The molecule has 5 rings (SSSR count). The van der Waals surface area contributed by atoms with Crippen molar-refractivity contribution >= 4 is 16.8 Å². The van der Waals surface area contributed by atoms with Crippen LogP contribution in [0.1, 0.15) is 21.6 Å². The molecule has 1 aromatic heterocycles. The number of hydrogen-bond acceptors (Lipinski definition) is 2. The van der Waals surface area contributed by atoms with E-state index in [4.69, 9.17) is 4.98 Å². The van der Waals surface area contributed by atoms with Crippen LogP contribution in [-0.4, -0.2) is 15.8 Å². The van der Waals surface area contributed by atoms with Crippen molar-refractivity contribution < 1.29 is 4.79 Å². The molecule has 0 saturated carbocycles. The molecule has 0 fully saturated rings. The van der Waals surface area contributed by atoms with E-state index in [1.807, 2.05) is 59.5 Å². The molecule has 4 aromatic rings. The van der Waals surface area contributed by atoms with E-state index >= 15 is 0 Å². The van der Waals surface area contributed by atoms with E-state index in [-0.39, 0.29) is 5.91 Å². The van der Waals surface area contributed by atoms with E-state index in [1.165, 1.54) is 0 Å². The summed E-state index contributed by atoms with van der Waals surface area (Å²) in [6, 6.07) is 28.3. The third-order valence-corrected chi connectivity index (χ3v) is 5.09. The molecule has 27 heavy (non-hydrogen) atoms. The van der Waals surface area contributed by atoms with Gasteiger partial charge < -0.3 is 4.90 Å². The van der Waals surface area contributed by atoms with Crippen LogP contribution in [0, 0.1) is 0 Å². The molecule has 3 aromatic carbocycles. The number of fused-ring (bicyclic) bond motifs is 2. The Hall–Kier alpha value is -3.46. The van der Waals surface area contributed by atoms with Gasteiger partial charge in [-0.25, -0.2) is 0 Å². The van der Waals surface area contributed by atoms with Crippen molar-refractivity contribution in [3.05, 3.63) is 102 Å². The van der Waals surface area contributed by atoms with Crippen LogP contribution in [0.3, 0.4) is 0 Å². The van der Waals surface area contributed by atoms with Crippen LogP contribution in [0.5, 0.6) is 0 Å². The highest BCUT2D eigenvalue weighted by Gasteiger charge is 2.32. The Labute approximate surface area is 157 Å². The van der Waals surface area contributed by atoms with Gasteiger partial charge in [0, 0.05) is 17.5 Å². The zero-order chi connectivity index (χ0) is 18.2. The summed E-state index contributed by atoms with van der Waals surface area (Å²) in [5.74, 6) is 0.0611. The highest BCUT2D eigenvalue weighted by atomic mass is 16.2. The smallest absolute Gasteiger partial charge is 0.257 e. The highest BCUT2D eigenvalue weighted by Crippen LogP contribution is 2.37. The van der Waals surface area contributed by atoms with Crippen LogP contribution in [-0.2, 0) is 13.1 Å². The maximum Gasteiger partial charge on any atom is 0.257 e. The van der Waals surface area contributed by atoms with Gasteiger partial charge in [0.2, 0.25) is 0 Å². The van der Waals surface area contributed by atoms with Crippen molar-refractivity contribution in [1.82, 2.24) is 9.88 Å². The largest absolute Gasteiger partial charge is 0.328 e. The average molecular weight is 350 g/mol. The van der Waals surface area contributed by atoms with E-state index in [2.05, 4.69) is 30.3 Å². The summed E-state index contributed by atoms with van der Waals surface area (Å²) in [4.78, 5) is 20.0. The van der Waals surface area contributed by atoms with Crippen molar-refractivity contribution in [3.8, 4) is 11.1 Å². The fourth-order valence-corrected chi connectivity index (χ4v) is 3.85. The predicted molar refractivity (Wildman–Crippen MR) is 107 cm³/mol. The first-order valence-corrected chi connectivity index (χ1v) is 9.11. The lowest BCUT2D eigenvalue weighted by atomic mass is 9.95. The minimum Gasteiger partial charge on any atom is -0.328 e. The lowest BCUT2D eigenvalue weighted by Crippen LogP contribution is -2.23. The Morgan fingerprint density at radius 1 is 0.778 bits per heavy atom. The lowest BCUT2D eigenvalue weighted by molar-refractivity contribution is 0.0767. The van der Waals surface area contributed by atoms with Gasteiger partial charge in [-0.15, -0.1) is 0 Å². The Morgan fingerprint density at radius 3 is 2.22 bits per heavy atom. The summed E-state index contributed by atoms with van der Waals surface area (Å²) < 4.78 is 0. The summed E-state index contributed by atoms with van der Waals surface area (Å²) >= 11 is 0. The van der Waals surface area contributed by atoms with Gasteiger partial charge in [0.05, 0.1) is 23.3 Å².